The molecule has 2 aromatic carbocycles. The van der Waals surface area contributed by atoms with Gasteiger partial charge < -0.3 is 43.7 Å². The highest BCUT2D eigenvalue weighted by atomic mass is 16.5. The van der Waals surface area contributed by atoms with E-state index in [0.29, 0.717) is 58.5 Å². The van der Waals surface area contributed by atoms with Gasteiger partial charge in [-0.05, 0) is 41.7 Å². The quantitative estimate of drug-likeness (QED) is 0.245. The van der Waals surface area contributed by atoms with Crippen LogP contribution in [0.1, 0.15) is 49.3 Å². The summed E-state index contributed by atoms with van der Waals surface area (Å²) < 4.78 is 35.3. The van der Waals surface area contributed by atoms with Gasteiger partial charge in [0.1, 0.15) is 12.4 Å². The van der Waals surface area contributed by atoms with Crippen LogP contribution in [-0.2, 0) is 36.9 Å². The Morgan fingerprint density at radius 1 is 0.953 bits per heavy atom. The Hall–Kier alpha value is -2.24. The lowest BCUT2D eigenvalue weighted by Gasteiger charge is -2.39. The molecular weight excluding hydrogens is 548 g/mol. The monoisotopic (exact) mass is 600 g/mol. The molecule has 4 rings (SSSR count). The number of hydrogen-bond acceptors (Lipinski definition) is 9. The maximum Gasteiger partial charge on any atom is 0.142 e. The third kappa shape index (κ3) is 10.1. The van der Waals surface area contributed by atoms with Crippen LogP contribution in [0.5, 0.6) is 5.75 Å². The second-order valence-electron chi connectivity index (χ2n) is 11.8. The number of hydrogen-bond donors (Lipinski definition) is 2. The number of benzene rings is 2. The maximum absolute atomic E-state index is 10.2. The van der Waals surface area contributed by atoms with Crippen molar-refractivity contribution >= 4 is 5.69 Å². The molecule has 1 saturated heterocycles. The standard InChI is InChI=1S/C34H52N2O7/c1-5-29(37)24-43-33-19-35-18-32(34(33)28-10-7-26(8-11-28)22-40-21-25(2)20-39-4)42-23-27-9-12-31-30(17-27)36(14-16-41-31)13-6-15-38-3/h7-12,17,25,29,32-35,37H,5-6,13-16,18-24H2,1-4H3/t25-,29+,32-,33+,34+/m0/s1. The molecule has 2 aliphatic rings. The number of piperidine rings is 1. The highest BCUT2D eigenvalue weighted by Gasteiger charge is 2.36. The van der Waals surface area contributed by atoms with Crippen molar-refractivity contribution in [2.75, 3.05) is 78.3 Å². The van der Waals surface area contributed by atoms with Gasteiger partial charge in [0.2, 0.25) is 0 Å². The minimum absolute atomic E-state index is 0.0218. The van der Waals surface area contributed by atoms with Gasteiger partial charge in [0.25, 0.3) is 0 Å². The van der Waals surface area contributed by atoms with Crippen LogP contribution in [0, 0.1) is 5.92 Å². The molecule has 2 aliphatic heterocycles. The van der Waals surface area contributed by atoms with Crippen molar-refractivity contribution in [3.63, 3.8) is 0 Å². The fourth-order valence-corrected chi connectivity index (χ4v) is 5.76. The Labute approximate surface area is 257 Å². The van der Waals surface area contributed by atoms with Crippen LogP contribution in [0.4, 0.5) is 5.69 Å². The van der Waals surface area contributed by atoms with E-state index in [0.717, 1.165) is 55.2 Å². The van der Waals surface area contributed by atoms with Crippen LogP contribution in [0.25, 0.3) is 0 Å². The van der Waals surface area contributed by atoms with Crippen molar-refractivity contribution in [2.24, 2.45) is 5.92 Å². The summed E-state index contributed by atoms with van der Waals surface area (Å²) in [5, 5.41) is 13.7. The van der Waals surface area contributed by atoms with Crippen LogP contribution in [-0.4, -0.2) is 96.9 Å². The van der Waals surface area contributed by atoms with E-state index in [1.165, 1.54) is 5.56 Å². The van der Waals surface area contributed by atoms with Crippen molar-refractivity contribution in [1.29, 1.82) is 0 Å². The summed E-state index contributed by atoms with van der Waals surface area (Å²) in [5.74, 6) is 1.30. The van der Waals surface area contributed by atoms with Gasteiger partial charge in [0.15, 0.2) is 0 Å². The van der Waals surface area contributed by atoms with Crippen molar-refractivity contribution in [2.45, 2.75) is 64.1 Å². The first kappa shape index (κ1) is 33.6. The van der Waals surface area contributed by atoms with E-state index in [1.54, 1.807) is 14.2 Å². The third-order valence-electron chi connectivity index (χ3n) is 8.18. The Morgan fingerprint density at radius 3 is 2.47 bits per heavy atom. The first-order valence-electron chi connectivity index (χ1n) is 15.8. The molecule has 0 bridgehead atoms. The van der Waals surface area contributed by atoms with Gasteiger partial charge in [-0.25, -0.2) is 0 Å². The van der Waals surface area contributed by atoms with E-state index in [2.05, 4.69) is 59.6 Å². The summed E-state index contributed by atoms with van der Waals surface area (Å²) in [5.41, 5.74) is 4.53. The van der Waals surface area contributed by atoms with Gasteiger partial charge in [-0.15, -0.1) is 0 Å². The fraction of sp³-hybridized carbons (Fsp3) is 0.647. The number of methoxy groups -OCH3 is 2. The minimum atomic E-state index is -0.480. The highest BCUT2D eigenvalue weighted by molar-refractivity contribution is 5.61. The van der Waals surface area contributed by atoms with Gasteiger partial charge >= 0.3 is 0 Å². The van der Waals surface area contributed by atoms with Crippen LogP contribution < -0.4 is 15.0 Å². The molecule has 9 heteroatoms. The third-order valence-corrected chi connectivity index (χ3v) is 8.18. The molecule has 0 aliphatic carbocycles. The van der Waals surface area contributed by atoms with E-state index >= 15 is 0 Å². The average molecular weight is 601 g/mol. The summed E-state index contributed by atoms with van der Waals surface area (Å²) in [6, 6.07) is 15.0. The summed E-state index contributed by atoms with van der Waals surface area (Å²) >= 11 is 0. The first-order chi connectivity index (χ1) is 21.0. The molecule has 2 heterocycles. The predicted molar refractivity (Wildman–Crippen MR) is 168 cm³/mol. The number of nitrogens with zero attached hydrogens (tertiary/aromatic N) is 1. The SMILES string of the molecule is CC[C@@H](O)CO[C@@H]1CNC[C@H](OCc2ccc3c(c2)N(CCCOC)CCO3)[C@H]1c1ccc(COC[C@@H](C)COC)cc1. The molecule has 0 amide bonds. The fourth-order valence-electron chi connectivity index (χ4n) is 5.76. The topological polar surface area (TPSA) is 90.9 Å². The first-order valence-corrected chi connectivity index (χ1v) is 15.8. The van der Waals surface area contributed by atoms with Crippen LogP contribution in [0.3, 0.4) is 0 Å². The van der Waals surface area contributed by atoms with E-state index < -0.39 is 6.10 Å². The Kier molecular flexibility index (Phi) is 14.0. The molecule has 240 valence electrons. The van der Waals surface area contributed by atoms with Crippen molar-refractivity contribution in [3.8, 4) is 5.75 Å². The van der Waals surface area contributed by atoms with E-state index in [9.17, 15) is 5.11 Å². The molecule has 1 fully saturated rings. The zero-order chi connectivity index (χ0) is 30.4. The van der Waals surface area contributed by atoms with Gasteiger partial charge in [-0.2, -0.15) is 0 Å². The summed E-state index contributed by atoms with van der Waals surface area (Å²) in [6.07, 6.45) is 0.932. The van der Waals surface area contributed by atoms with Crippen LogP contribution in [0.2, 0.25) is 0 Å². The molecule has 0 saturated carbocycles. The van der Waals surface area contributed by atoms with Gasteiger partial charge in [0.05, 0.1) is 63.6 Å². The summed E-state index contributed by atoms with van der Waals surface area (Å²) in [6.45, 7) is 11.5. The van der Waals surface area contributed by atoms with Gasteiger partial charge in [0, 0.05) is 52.3 Å². The smallest absolute Gasteiger partial charge is 0.142 e. The number of aliphatic hydroxyl groups is 1. The summed E-state index contributed by atoms with van der Waals surface area (Å²) in [7, 11) is 3.46. The van der Waals surface area contributed by atoms with Crippen molar-refractivity contribution in [1.82, 2.24) is 5.32 Å². The second kappa shape index (κ2) is 17.9. The zero-order valence-corrected chi connectivity index (χ0v) is 26.5. The molecule has 2 N–H and O–H groups in total. The molecule has 43 heavy (non-hydrogen) atoms. The van der Waals surface area contributed by atoms with E-state index in [-0.39, 0.29) is 18.1 Å². The largest absolute Gasteiger partial charge is 0.490 e. The minimum Gasteiger partial charge on any atom is -0.490 e. The molecule has 5 atom stereocenters. The second-order valence-corrected chi connectivity index (χ2v) is 11.8. The normalized spacial score (nSPS) is 21.7. The lowest BCUT2D eigenvalue weighted by Crippen LogP contribution is -2.51. The highest BCUT2D eigenvalue weighted by Crippen LogP contribution is 2.35. The molecular formula is C34H52N2O7. The Bertz CT molecular complexity index is 1070. The van der Waals surface area contributed by atoms with Gasteiger partial charge in [-0.3, -0.25) is 0 Å². The van der Waals surface area contributed by atoms with E-state index in [4.69, 9.17) is 28.4 Å². The number of nitrogens with one attached hydrogen (secondary N) is 1. The van der Waals surface area contributed by atoms with Gasteiger partial charge in [-0.1, -0.05) is 44.2 Å². The maximum atomic E-state index is 10.2. The number of rotatable bonds is 18. The van der Waals surface area contributed by atoms with Crippen molar-refractivity contribution in [3.05, 3.63) is 59.2 Å². The number of ether oxygens (including phenoxy) is 6. The molecule has 0 unspecified atom stereocenters. The van der Waals surface area contributed by atoms with Crippen LogP contribution in [0.15, 0.2) is 42.5 Å². The molecule has 2 aromatic rings. The van der Waals surface area contributed by atoms with E-state index in [1.807, 2.05) is 6.92 Å². The Balaban J connectivity index is 1.45. The molecule has 0 radical (unpaired) electrons. The number of anilines is 1. The zero-order valence-electron chi connectivity index (χ0n) is 26.5. The Morgan fingerprint density at radius 2 is 1.72 bits per heavy atom. The average Bonchev–Trinajstić information content (AvgIpc) is 3.03. The lowest BCUT2D eigenvalue weighted by molar-refractivity contribution is -0.0777. The predicted octanol–water partition coefficient (Wildman–Crippen LogP) is 4.15. The number of fused-ring (bicyclic) bond motifs is 1. The van der Waals surface area contributed by atoms with Crippen LogP contribution >= 0.6 is 0 Å². The summed E-state index contributed by atoms with van der Waals surface area (Å²) in [4.78, 5) is 2.37. The molecule has 0 spiro atoms. The molecule has 0 aromatic heterocycles. The number of aliphatic hydroxyl groups excluding tert-OH is 1. The molecule has 9 nitrogen and oxygen atoms in total. The van der Waals surface area contributed by atoms with Crippen molar-refractivity contribution < 1.29 is 33.5 Å². The lowest BCUT2D eigenvalue weighted by atomic mass is 9.85.